The molecule has 1 aromatic carbocycles. The topological polar surface area (TPSA) is 46.2 Å². The van der Waals surface area contributed by atoms with Crippen LogP contribution in [0.3, 0.4) is 0 Å². The summed E-state index contributed by atoms with van der Waals surface area (Å²) in [5, 5.41) is 9.21. The van der Waals surface area contributed by atoms with Crippen molar-refractivity contribution in [2.45, 2.75) is 13.3 Å². The van der Waals surface area contributed by atoms with Crippen LogP contribution in [0.4, 0.5) is 0 Å². The first-order chi connectivity index (χ1) is 6.59. The molecular weight excluding hydrogens is 242 g/mol. The maximum atomic E-state index is 9.21. The third kappa shape index (κ3) is 3.08. The monoisotopic (exact) mass is 257 g/mol. The van der Waals surface area contributed by atoms with Crippen LogP contribution in [0.1, 0.15) is 12.5 Å². The number of benzene rings is 1. The Hall–Kier alpha value is -0.380. The third-order valence-corrected chi connectivity index (χ3v) is 2.95. The van der Waals surface area contributed by atoms with Crippen LogP contribution in [0.2, 0.25) is 0 Å². The zero-order valence-electron chi connectivity index (χ0n) is 8.33. The third-order valence-electron chi connectivity index (χ3n) is 2.42. The van der Waals surface area contributed by atoms with Crippen molar-refractivity contribution in [2.24, 2.45) is 11.1 Å². The van der Waals surface area contributed by atoms with E-state index in [1.807, 2.05) is 31.2 Å². The van der Waals surface area contributed by atoms with Crippen molar-refractivity contribution in [3.05, 3.63) is 34.3 Å². The fraction of sp³-hybridized carbons (Fsp3) is 0.455. The molecule has 0 saturated carbocycles. The normalized spacial score (nSPS) is 15.1. The molecule has 1 unspecified atom stereocenters. The largest absolute Gasteiger partial charge is 0.396 e. The van der Waals surface area contributed by atoms with Crippen molar-refractivity contribution in [3.63, 3.8) is 0 Å². The van der Waals surface area contributed by atoms with Gasteiger partial charge in [-0.2, -0.15) is 0 Å². The van der Waals surface area contributed by atoms with Crippen molar-refractivity contribution >= 4 is 15.9 Å². The lowest BCUT2D eigenvalue weighted by atomic mass is 9.85. The summed E-state index contributed by atoms with van der Waals surface area (Å²) in [6.07, 6.45) is 0.813. The van der Waals surface area contributed by atoms with E-state index in [-0.39, 0.29) is 12.0 Å². The molecule has 0 aromatic heterocycles. The van der Waals surface area contributed by atoms with Crippen LogP contribution in [0, 0.1) is 5.41 Å². The van der Waals surface area contributed by atoms with Gasteiger partial charge in [-0.1, -0.05) is 35.0 Å². The number of aliphatic hydroxyl groups excluding tert-OH is 1. The highest BCUT2D eigenvalue weighted by atomic mass is 79.9. The van der Waals surface area contributed by atoms with E-state index >= 15 is 0 Å². The van der Waals surface area contributed by atoms with Gasteiger partial charge in [0.2, 0.25) is 0 Å². The minimum Gasteiger partial charge on any atom is -0.396 e. The second kappa shape index (κ2) is 4.91. The van der Waals surface area contributed by atoms with E-state index in [0.29, 0.717) is 6.54 Å². The molecule has 0 radical (unpaired) electrons. The number of aliphatic hydroxyl groups is 1. The van der Waals surface area contributed by atoms with Crippen LogP contribution >= 0.6 is 15.9 Å². The van der Waals surface area contributed by atoms with E-state index < -0.39 is 0 Å². The van der Waals surface area contributed by atoms with Gasteiger partial charge in [-0.05, 0) is 24.1 Å². The van der Waals surface area contributed by atoms with Crippen LogP contribution in [0.25, 0.3) is 0 Å². The molecule has 3 N–H and O–H groups in total. The zero-order valence-corrected chi connectivity index (χ0v) is 9.92. The number of halogens is 1. The highest BCUT2D eigenvalue weighted by Gasteiger charge is 2.21. The zero-order chi connectivity index (χ0) is 10.6. The molecule has 0 aliphatic heterocycles. The summed E-state index contributed by atoms with van der Waals surface area (Å²) in [5.41, 5.74) is 6.63. The fourth-order valence-corrected chi connectivity index (χ4v) is 1.55. The molecule has 3 heteroatoms. The standard InChI is InChI=1S/C11H16BrNO/c1-11(7-13,8-14)6-9-2-4-10(12)5-3-9/h2-5,14H,6-8,13H2,1H3. The fourth-order valence-electron chi connectivity index (χ4n) is 1.29. The van der Waals surface area contributed by atoms with Gasteiger partial charge in [0.25, 0.3) is 0 Å². The van der Waals surface area contributed by atoms with Gasteiger partial charge in [-0.3, -0.25) is 0 Å². The van der Waals surface area contributed by atoms with Gasteiger partial charge in [0, 0.05) is 23.0 Å². The molecule has 0 spiro atoms. The average molecular weight is 258 g/mol. The average Bonchev–Trinajstić information content (AvgIpc) is 2.21. The van der Waals surface area contributed by atoms with E-state index in [2.05, 4.69) is 15.9 Å². The number of rotatable bonds is 4. The molecule has 1 atom stereocenters. The predicted molar refractivity (Wildman–Crippen MR) is 62.1 cm³/mol. The highest BCUT2D eigenvalue weighted by Crippen LogP contribution is 2.21. The first-order valence-corrected chi connectivity index (χ1v) is 5.44. The lowest BCUT2D eigenvalue weighted by Crippen LogP contribution is -2.33. The Morgan fingerprint density at radius 2 is 1.93 bits per heavy atom. The van der Waals surface area contributed by atoms with Crippen LogP contribution < -0.4 is 5.73 Å². The molecule has 2 nitrogen and oxygen atoms in total. The Labute approximate surface area is 93.3 Å². The minimum absolute atomic E-state index is 0.125. The first kappa shape index (κ1) is 11.7. The quantitative estimate of drug-likeness (QED) is 0.867. The molecule has 0 aliphatic carbocycles. The van der Waals surface area contributed by atoms with E-state index in [1.165, 1.54) is 5.56 Å². The molecule has 0 amide bonds. The van der Waals surface area contributed by atoms with Gasteiger partial charge in [-0.15, -0.1) is 0 Å². The molecule has 0 bridgehead atoms. The van der Waals surface area contributed by atoms with Crippen molar-refractivity contribution in [3.8, 4) is 0 Å². The molecule has 0 heterocycles. The van der Waals surface area contributed by atoms with Crippen LogP contribution in [-0.4, -0.2) is 18.3 Å². The van der Waals surface area contributed by atoms with Crippen LogP contribution in [-0.2, 0) is 6.42 Å². The molecule has 14 heavy (non-hydrogen) atoms. The Morgan fingerprint density at radius 1 is 1.36 bits per heavy atom. The van der Waals surface area contributed by atoms with Crippen molar-refractivity contribution in [2.75, 3.05) is 13.2 Å². The molecular formula is C11H16BrNO. The highest BCUT2D eigenvalue weighted by molar-refractivity contribution is 9.10. The number of nitrogens with two attached hydrogens (primary N) is 1. The van der Waals surface area contributed by atoms with E-state index in [9.17, 15) is 5.11 Å². The smallest absolute Gasteiger partial charge is 0.0500 e. The van der Waals surface area contributed by atoms with Gasteiger partial charge < -0.3 is 10.8 Å². The molecule has 1 rings (SSSR count). The number of hydrogen-bond donors (Lipinski definition) is 2. The predicted octanol–water partition coefficient (Wildman–Crippen LogP) is 1.95. The Kier molecular flexibility index (Phi) is 4.11. The summed E-state index contributed by atoms with van der Waals surface area (Å²) in [5.74, 6) is 0. The van der Waals surface area contributed by atoms with Gasteiger partial charge in [0.1, 0.15) is 0 Å². The molecule has 0 aliphatic rings. The van der Waals surface area contributed by atoms with Crippen molar-refractivity contribution in [1.29, 1.82) is 0 Å². The van der Waals surface area contributed by atoms with Gasteiger partial charge in [0.05, 0.1) is 0 Å². The molecule has 1 aromatic rings. The lowest BCUT2D eigenvalue weighted by Gasteiger charge is -2.25. The molecule has 0 saturated heterocycles. The van der Waals surface area contributed by atoms with Gasteiger partial charge in [-0.25, -0.2) is 0 Å². The molecule has 78 valence electrons. The summed E-state index contributed by atoms with van der Waals surface area (Å²) in [6, 6.07) is 8.11. The maximum Gasteiger partial charge on any atom is 0.0500 e. The summed E-state index contributed by atoms with van der Waals surface area (Å²) in [7, 11) is 0. The van der Waals surface area contributed by atoms with E-state index in [0.717, 1.165) is 10.9 Å². The Bertz CT molecular complexity index is 280. The van der Waals surface area contributed by atoms with Crippen LogP contribution in [0.15, 0.2) is 28.7 Å². The van der Waals surface area contributed by atoms with Gasteiger partial charge in [0.15, 0.2) is 0 Å². The van der Waals surface area contributed by atoms with Crippen LogP contribution in [0.5, 0.6) is 0 Å². The molecule has 0 fully saturated rings. The maximum absolute atomic E-state index is 9.21. The summed E-state index contributed by atoms with van der Waals surface area (Å²) >= 11 is 3.39. The SMILES string of the molecule is CC(CN)(CO)Cc1ccc(Br)cc1. The Morgan fingerprint density at radius 3 is 2.36 bits per heavy atom. The van der Waals surface area contributed by atoms with E-state index in [1.54, 1.807) is 0 Å². The number of hydrogen-bond acceptors (Lipinski definition) is 2. The second-order valence-corrected chi connectivity index (χ2v) is 4.89. The summed E-state index contributed by atoms with van der Waals surface area (Å²) in [4.78, 5) is 0. The lowest BCUT2D eigenvalue weighted by molar-refractivity contribution is 0.149. The Balaban J connectivity index is 2.72. The van der Waals surface area contributed by atoms with Crippen molar-refractivity contribution in [1.82, 2.24) is 0 Å². The summed E-state index contributed by atoms with van der Waals surface area (Å²) < 4.78 is 1.07. The van der Waals surface area contributed by atoms with E-state index in [4.69, 9.17) is 5.73 Å². The first-order valence-electron chi connectivity index (χ1n) is 4.65. The summed E-state index contributed by atoms with van der Waals surface area (Å²) in [6.45, 7) is 2.62. The minimum atomic E-state index is -0.201. The van der Waals surface area contributed by atoms with Gasteiger partial charge >= 0.3 is 0 Å². The second-order valence-electron chi connectivity index (χ2n) is 3.98. The van der Waals surface area contributed by atoms with Crippen molar-refractivity contribution < 1.29 is 5.11 Å².